The standard InChI is InChI=1S/C26H30N6O5S/c1-18-16-31(17-19(2)32(18)26-27-13-6-14-28-26)21-11-9-20(10-12-21)25(35)29-23(15-24(33)34)30-38(36,37)22-7-4-3-5-8-22/h3-14,18-19,23,30H,15-17H2,1-2H3,(H,29,35)(H,33,34). The molecule has 1 aliphatic heterocycles. The van der Waals surface area contributed by atoms with E-state index in [0.717, 1.165) is 18.8 Å². The molecule has 0 bridgehead atoms. The Kier molecular flexibility index (Phi) is 8.23. The normalized spacial score (nSPS) is 18.6. The average molecular weight is 539 g/mol. The van der Waals surface area contributed by atoms with Crippen LogP contribution in [0.1, 0.15) is 30.6 Å². The van der Waals surface area contributed by atoms with E-state index < -0.39 is 34.5 Å². The number of carboxylic acids is 1. The molecule has 1 aromatic heterocycles. The van der Waals surface area contributed by atoms with Gasteiger partial charge in [-0.15, -0.1) is 0 Å². The van der Waals surface area contributed by atoms with E-state index in [1.165, 1.54) is 12.1 Å². The van der Waals surface area contributed by atoms with Crippen LogP contribution in [-0.2, 0) is 14.8 Å². The van der Waals surface area contributed by atoms with Crippen LogP contribution >= 0.6 is 0 Å². The van der Waals surface area contributed by atoms with Gasteiger partial charge in [0.15, 0.2) is 0 Å². The maximum Gasteiger partial charge on any atom is 0.306 e. The molecular weight excluding hydrogens is 508 g/mol. The minimum atomic E-state index is -4.04. The van der Waals surface area contributed by atoms with Crippen LogP contribution in [0.5, 0.6) is 0 Å². The summed E-state index contributed by atoms with van der Waals surface area (Å²) in [4.78, 5) is 37.4. The van der Waals surface area contributed by atoms with Crippen LogP contribution in [0.2, 0.25) is 0 Å². The van der Waals surface area contributed by atoms with E-state index in [1.54, 1.807) is 48.8 Å². The maximum absolute atomic E-state index is 12.9. The fourth-order valence-corrected chi connectivity index (χ4v) is 5.74. The Balaban J connectivity index is 1.42. The van der Waals surface area contributed by atoms with Crippen LogP contribution in [0.3, 0.4) is 0 Å². The lowest BCUT2D eigenvalue weighted by Gasteiger charge is -2.45. The summed E-state index contributed by atoms with van der Waals surface area (Å²) < 4.78 is 27.6. The zero-order chi connectivity index (χ0) is 27.3. The highest BCUT2D eigenvalue weighted by Crippen LogP contribution is 2.25. The molecule has 2 heterocycles. The highest BCUT2D eigenvalue weighted by Gasteiger charge is 2.31. The van der Waals surface area contributed by atoms with Crippen molar-refractivity contribution in [1.82, 2.24) is 20.0 Å². The van der Waals surface area contributed by atoms with Gasteiger partial charge in [-0.25, -0.2) is 18.4 Å². The van der Waals surface area contributed by atoms with Gasteiger partial charge in [-0.05, 0) is 56.3 Å². The molecule has 3 N–H and O–H groups in total. The lowest BCUT2D eigenvalue weighted by Crippen LogP contribution is -2.57. The van der Waals surface area contributed by atoms with Crippen molar-refractivity contribution in [1.29, 1.82) is 0 Å². The SMILES string of the molecule is CC1CN(c2ccc(C(=O)NC(CC(=O)O)NS(=O)(=O)c3ccccc3)cc2)CC(C)N1c1ncccn1. The second kappa shape index (κ2) is 11.6. The molecule has 0 spiro atoms. The maximum atomic E-state index is 12.9. The van der Waals surface area contributed by atoms with Gasteiger partial charge in [0.2, 0.25) is 16.0 Å². The monoisotopic (exact) mass is 538 g/mol. The lowest BCUT2D eigenvalue weighted by atomic mass is 10.1. The number of aliphatic carboxylic acids is 1. The minimum absolute atomic E-state index is 0.0311. The van der Waals surface area contributed by atoms with Gasteiger partial charge >= 0.3 is 5.97 Å². The number of aromatic nitrogens is 2. The van der Waals surface area contributed by atoms with Crippen LogP contribution in [0, 0.1) is 0 Å². The van der Waals surface area contributed by atoms with Crippen LogP contribution < -0.4 is 19.8 Å². The Morgan fingerprint density at radius 3 is 2.16 bits per heavy atom. The van der Waals surface area contributed by atoms with E-state index >= 15 is 0 Å². The van der Waals surface area contributed by atoms with E-state index in [9.17, 15) is 23.1 Å². The summed E-state index contributed by atoms with van der Waals surface area (Å²) in [5.41, 5.74) is 1.21. The summed E-state index contributed by atoms with van der Waals surface area (Å²) in [5.74, 6) is -1.16. The molecule has 2 aromatic carbocycles. The van der Waals surface area contributed by atoms with Crippen molar-refractivity contribution in [2.45, 2.75) is 43.4 Å². The van der Waals surface area contributed by atoms with Crippen LogP contribution in [0.4, 0.5) is 11.6 Å². The van der Waals surface area contributed by atoms with Crippen molar-refractivity contribution in [2.24, 2.45) is 0 Å². The summed E-state index contributed by atoms with van der Waals surface area (Å²) in [6, 6.07) is 16.5. The third-order valence-corrected chi connectivity index (χ3v) is 7.72. The molecule has 0 saturated carbocycles. The predicted molar refractivity (Wildman–Crippen MR) is 142 cm³/mol. The lowest BCUT2D eigenvalue weighted by molar-refractivity contribution is -0.137. The van der Waals surface area contributed by atoms with Crippen molar-refractivity contribution in [3.63, 3.8) is 0 Å². The van der Waals surface area contributed by atoms with Gasteiger partial charge in [0.1, 0.15) is 6.17 Å². The fourth-order valence-electron chi connectivity index (χ4n) is 4.57. The van der Waals surface area contributed by atoms with Gasteiger partial charge in [-0.2, -0.15) is 4.72 Å². The molecule has 11 nitrogen and oxygen atoms in total. The second-order valence-corrected chi connectivity index (χ2v) is 10.9. The highest BCUT2D eigenvalue weighted by molar-refractivity contribution is 7.89. The highest BCUT2D eigenvalue weighted by atomic mass is 32.2. The number of carbonyl (C=O) groups excluding carboxylic acids is 1. The fraction of sp³-hybridized carbons (Fsp3) is 0.308. The Hall–Kier alpha value is -4.03. The largest absolute Gasteiger partial charge is 0.481 e. The van der Waals surface area contributed by atoms with Crippen molar-refractivity contribution in [3.05, 3.63) is 78.6 Å². The number of piperazine rings is 1. The van der Waals surface area contributed by atoms with Gasteiger partial charge in [-0.3, -0.25) is 9.59 Å². The Morgan fingerprint density at radius 1 is 0.974 bits per heavy atom. The Labute approximate surface area is 221 Å². The first kappa shape index (κ1) is 27.0. The number of hydrogen-bond donors (Lipinski definition) is 3. The number of sulfonamides is 1. The number of anilines is 2. The molecule has 1 amide bonds. The molecule has 3 atom stereocenters. The number of nitrogens with one attached hydrogen (secondary N) is 2. The molecule has 1 aliphatic rings. The van der Waals surface area contributed by atoms with E-state index in [2.05, 4.69) is 43.7 Å². The van der Waals surface area contributed by atoms with Crippen molar-refractivity contribution in [3.8, 4) is 0 Å². The van der Waals surface area contributed by atoms with Crippen molar-refractivity contribution < 1.29 is 23.1 Å². The number of amides is 1. The quantitative estimate of drug-likeness (QED) is 0.349. The van der Waals surface area contributed by atoms with Gasteiger partial charge in [0, 0.05) is 48.8 Å². The summed E-state index contributed by atoms with van der Waals surface area (Å²) in [6.45, 7) is 5.69. The number of hydrogen-bond acceptors (Lipinski definition) is 8. The first-order chi connectivity index (χ1) is 18.1. The van der Waals surface area contributed by atoms with Gasteiger partial charge in [-0.1, -0.05) is 18.2 Å². The summed E-state index contributed by atoms with van der Waals surface area (Å²) in [5, 5.41) is 11.7. The molecule has 200 valence electrons. The van der Waals surface area contributed by atoms with Gasteiger partial charge in [0.25, 0.3) is 5.91 Å². The molecule has 38 heavy (non-hydrogen) atoms. The second-order valence-electron chi connectivity index (χ2n) is 9.16. The van der Waals surface area contributed by atoms with Crippen LogP contribution in [0.25, 0.3) is 0 Å². The molecule has 3 unspecified atom stereocenters. The zero-order valence-corrected chi connectivity index (χ0v) is 21.9. The minimum Gasteiger partial charge on any atom is -0.481 e. The first-order valence-corrected chi connectivity index (χ1v) is 13.6. The average Bonchev–Trinajstić information content (AvgIpc) is 2.89. The van der Waals surface area contributed by atoms with E-state index in [0.29, 0.717) is 5.95 Å². The predicted octanol–water partition coefficient (Wildman–Crippen LogP) is 2.09. The van der Waals surface area contributed by atoms with Gasteiger partial charge < -0.3 is 20.2 Å². The van der Waals surface area contributed by atoms with E-state index in [-0.39, 0.29) is 22.5 Å². The Bertz CT molecular complexity index is 1340. The van der Waals surface area contributed by atoms with Crippen LogP contribution in [-0.4, -0.2) is 66.7 Å². The smallest absolute Gasteiger partial charge is 0.306 e. The number of rotatable bonds is 9. The summed E-state index contributed by atoms with van der Waals surface area (Å²) in [6.07, 6.45) is 1.50. The summed E-state index contributed by atoms with van der Waals surface area (Å²) in [7, 11) is -4.04. The van der Waals surface area contributed by atoms with Crippen LogP contribution in [0.15, 0.2) is 78.0 Å². The molecule has 3 aromatic rings. The van der Waals surface area contributed by atoms with E-state index in [1.807, 2.05) is 12.1 Å². The number of carboxylic acid groups (broad SMARTS) is 1. The van der Waals surface area contributed by atoms with Crippen molar-refractivity contribution >= 4 is 33.5 Å². The molecular formula is C26H30N6O5S. The molecule has 4 rings (SSSR count). The molecule has 0 aliphatic carbocycles. The van der Waals surface area contributed by atoms with Gasteiger partial charge in [0.05, 0.1) is 11.3 Å². The molecule has 12 heteroatoms. The number of carbonyl (C=O) groups is 2. The topological polar surface area (TPSA) is 145 Å². The third kappa shape index (κ3) is 6.45. The summed E-state index contributed by atoms with van der Waals surface area (Å²) >= 11 is 0. The zero-order valence-electron chi connectivity index (χ0n) is 21.1. The molecule has 1 saturated heterocycles. The first-order valence-electron chi connectivity index (χ1n) is 12.1. The molecule has 1 fully saturated rings. The van der Waals surface area contributed by atoms with Crippen molar-refractivity contribution in [2.75, 3.05) is 22.9 Å². The third-order valence-electron chi connectivity index (χ3n) is 6.23. The number of benzene rings is 2. The van der Waals surface area contributed by atoms with E-state index in [4.69, 9.17) is 0 Å². The Morgan fingerprint density at radius 2 is 1.58 bits per heavy atom. The molecule has 0 radical (unpaired) electrons. The number of nitrogens with zero attached hydrogens (tertiary/aromatic N) is 4.